The molecule has 0 spiro atoms. The van der Waals surface area contributed by atoms with Gasteiger partial charge in [-0.1, -0.05) is 130 Å². The van der Waals surface area contributed by atoms with E-state index in [0.29, 0.717) is 30.4 Å². The summed E-state index contributed by atoms with van der Waals surface area (Å²) in [5, 5.41) is 31.0. The number of carboxylic acid groups (broad SMARTS) is 3. The number of rotatable bonds is 26. The average molecular weight is 575 g/mol. The van der Waals surface area contributed by atoms with Crippen LogP contribution in [0.1, 0.15) is 197 Å². The smallest absolute Gasteiger partial charge is 0.336 e. The van der Waals surface area contributed by atoms with E-state index >= 15 is 0 Å². The Morgan fingerprint density at radius 2 is 0.610 bits per heavy atom. The molecule has 1 aromatic carbocycles. The van der Waals surface area contributed by atoms with Crippen molar-refractivity contribution in [2.45, 2.75) is 168 Å². The predicted octanol–water partition coefficient (Wildman–Crippen LogP) is 10.3. The SMILES string of the molecule is CCCCCCCCCCc1c(CCCCCCCC)c(C(=O)O)c(CCCCCCCC)c(C(=O)O)c1C(=O)O. The molecule has 0 aromatic heterocycles. The third-order valence-corrected chi connectivity index (χ3v) is 8.30. The topological polar surface area (TPSA) is 112 Å². The first-order valence-corrected chi connectivity index (χ1v) is 16.7. The van der Waals surface area contributed by atoms with Gasteiger partial charge in [0.25, 0.3) is 0 Å². The molecule has 0 unspecified atom stereocenters. The Kier molecular flexibility index (Phi) is 19.9. The summed E-state index contributed by atoms with van der Waals surface area (Å²) in [6.07, 6.45) is 22.0. The molecule has 3 N–H and O–H groups in total. The first-order valence-electron chi connectivity index (χ1n) is 16.7. The Bertz CT molecular complexity index is 920. The van der Waals surface area contributed by atoms with E-state index in [9.17, 15) is 29.7 Å². The number of benzene rings is 1. The van der Waals surface area contributed by atoms with Gasteiger partial charge in [-0.05, 0) is 55.2 Å². The quantitative estimate of drug-likeness (QED) is 0.0949. The van der Waals surface area contributed by atoms with E-state index < -0.39 is 17.9 Å². The van der Waals surface area contributed by atoms with Crippen LogP contribution < -0.4 is 0 Å². The molecule has 0 fully saturated rings. The predicted molar refractivity (Wildman–Crippen MR) is 168 cm³/mol. The second-order valence-electron chi connectivity index (χ2n) is 11.7. The number of carboxylic acids is 3. The van der Waals surface area contributed by atoms with E-state index in [-0.39, 0.29) is 28.7 Å². The van der Waals surface area contributed by atoms with Crippen LogP contribution in [0.4, 0.5) is 0 Å². The Morgan fingerprint density at radius 3 is 0.927 bits per heavy atom. The molecule has 0 saturated heterocycles. The van der Waals surface area contributed by atoms with Gasteiger partial charge in [-0.25, -0.2) is 14.4 Å². The van der Waals surface area contributed by atoms with Gasteiger partial charge in [0.15, 0.2) is 0 Å². The molecule has 1 aromatic rings. The Morgan fingerprint density at radius 1 is 0.366 bits per heavy atom. The molecule has 6 nitrogen and oxygen atoms in total. The molecular formula is C35H58O6. The lowest BCUT2D eigenvalue weighted by molar-refractivity contribution is 0.0646. The van der Waals surface area contributed by atoms with Gasteiger partial charge in [0.1, 0.15) is 0 Å². The second-order valence-corrected chi connectivity index (χ2v) is 11.7. The molecule has 0 saturated carbocycles. The van der Waals surface area contributed by atoms with Crippen LogP contribution in [0.2, 0.25) is 0 Å². The number of unbranched alkanes of at least 4 members (excludes halogenated alkanes) is 17. The lowest BCUT2D eigenvalue weighted by Crippen LogP contribution is -2.22. The highest BCUT2D eigenvalue weighted by Gasteiger charge is 2.32. The fourth-order valence-corrected chi connectivity index (χ4v) is 6.04. The minimum absolute atomic E-state index is 0.0593. The fourth-order valence-electron chi connectivity index (χ4n) is 6.04. The van der Waals surface area contributed by atoms with Crippen molar-refractivity contribution in [3.8, 4) is 0 Å². The molecular weight excluding hydrogens is 516 g/mol. The zero-order chi connectivity index (χ0) is 30.5. The van der Waals surface area contributed by atoms with E-state index in [1.807, 2.05) is 0 Å². The van der Waals surface area contributed by atoms with Gasteiger partial charge in [-0.3, -0.25) is 0 Å². The van der Waals surface area contributed by atoms with Gasteiger partial charge >= 0.3 is 17.9 Å². The highest BCUT2D eigenvalue weighted by atomic mass is 16.4. The van der Waals surface area contributed by atoms with E-state index in [4.69, 9.17) is 0 Å². The minimum atomic E-state index is -1.34. The minimum Gasteiger partial charge on any atom is -0.478 e. The zero-order valence-corrected chi connectivity index (χ0v) is 26.3. The summed E-state index contributed by atoms with van der Waals surface area (Å²) in [6, 6.07) is 0. The largest absolute Gasteiger partial charge is 0.478 e. The summed E-state index contributed by atoms with van der Waals surface area (Å²) in [5.41, 5.74) is 0.803. The first-order chi connectivity index (χ1) is 19.8. The van der Waals surface area contributed by atoms with Crippen molar-refractivity contribution in [2.75, 3.05) is 0 Å². The highest BCUT2D eigenvalue weighted by Crippen LogP contribution is 2.33. The average Bonchev–Trinajstić information content (AvgIpc) is 2.93. The summed E-state index contributed by atoms with van der Waals surface area (Å²) in [7, 11) is 0. The third-order valence-electron chi connectivity index (χ3n) is 8.30. The van der Waals surface area contributed by atoms with Crippen molar-refractivity contribution in [3.05, 3.63) is 33.4 Å². The lowest BCUT2D eigenvalue weighted by atomic mass is 9.80. The Labute approximate surface area is 249 Å². The van der Waals surface area contributed by atoms with Crippen LogP contribution in [0.25, 0.3) is 0 Å². The number of carbonyl (C=O) groups is 3. The molecule has 6 heteroatoms. The summed E-state index contributed by atoms with van der Waals surface area (Å²) in [4.78, 5) is 38.0. The van der Waals surface area contributed by atoms with Gasteiger partial charge in [0.05, 0.1) is 16.7 Å². The van der Waals surface area contributed by atoms with Crippen molar-refractivity contribution in [1.29, 1.82) is 0 Å². The molecule has 0 bridgehead atoms. The van der Waals surface area contributed by atoms with Crippen LogP contribution in [0.5, 0.6) is 0 Å². The molecule has 0 atom stereocenters. The molecule has 0 amide bonds. The maximum Gasteiger partial charge on any atom is 0.336 e. The van der Waals surface area contributed by atoms with Crippen LogP contribution in [0.15, 0.2) is 0 Å². The molecule has 0 aliphatic rings. The van der Waals surface area contributed by atoms with Crippen LogP contribution in [-0.4, -0.2) is 33.2 Å². The van der Waals surface area contributed by atoms with Crippen LogP contribution in [0, 0.1) is 0 Å². The van der Waals surface area contributed by atoms with Gasteiger partial charge in [0.2, 0.25) is 0 Å². The molecule has 0 radical (unpaired) electrons. The van der Waals surface area contributed by atoms with Gasteiger partial charge < -0.3 is 15.3 Å². The maximum absolute atomic E-state index is 12.8. The van der Waals surface area contributed by atoms with E-state index in [0.717, 1.165) is 89.9 Å². The molecule has 0 aliphatic heterocycles. The normalized spacial score (nSPS) is 11.2. The second kappa shape index (κ2) is 22.3. The standard InChI is InChI=1S/C35H58O6/c1-4-7-10-13-16-17-20-22-25-28-27(24-21-18-14-11-8-5-2)30(33(36)37)29(26-23-19-15-12-9-6-3)32(35(40)41)31(28)34(38)39/h4-26H2,1-3H3,(H,36,37)(H,38,39)(H,40,41). The van der Waals surface area contributed by atoms with Crippen molar-refractivity contribution >= 4 is 17.9 Å². The first kappa shape index (κ1) is 36.7. The van der Waals surface area contributed by atoms with Crippen molar-refractivity contribution in [3.63, 3.8) is 0 Å². The monoisotopic (exact) mass is 574 g/mol. The van der Waals surface area contributed by atoms with Crippen LogP contribution in [0.3, 0.4) is 0 Å². The van der Waals surface area contributed by atoms with Gasteiger partial charge in [-0.2, -0.15) is 0 Å². The van der Waals surface area contributed by atoms with Crippen LogP contribution in [-0.2, 0) is 19.3 Å². The number of aromatic carboxylic acids is 3. The number of hydrogen-bond donors (Lipinski definition) is 3. The molecule has 0 aliphatic carbocycles. The summed E-state index contributed by atoms with van der Waals surface area (Å²) in [6.45, 7) is 6.50. The number of hydrogen-bond acceptors (Lipinski definition) is 3. The molecule has 234 valence electrons. The van der Waals surface area contributed by atoms with Gasteiger partial charge in [0, 0.05) is 0 Å². The lowest BCUT2D eigenvalue weighted by Gasteiger charge is -2.22. The van der Waals surface area contributed by atoms with Crippen molar-refractivity contribution in [1.82, 2.24) is 0 Å². The summed E-state index contributed by atoms with van der Waals surface area (Å²) in [5.74, 6) is -3.74. The Balaban J connectivity index is 3.40. The molecule has 41 heavy (non-hydrogen) atoms. The van der Waals surface area contributed by atoms with Crippen molar-refractivity contribution in [2.24, 2.45) is 0 Å². The molecule has 0 heterocycles. The third kappa shape index (κ3) is 13.4. The van der Waals surface area contributed by atoms with Crippen molar-refractivity contribution < 1.29 is 29.7 Å². The van der Waals surface area contributed by atoms with E-state index in [1.165, 1.54) is 32.1 Å². The van der Waals surface area contributed by atoms with E-state index in [1.54, 1.807) is 0 Å². The zero-order valence-electron chi connectivity index (χ0n) is 26.3. The fraction of sp³-hybridized carbons (Fsp3) is 0.743. The van der Waals surface area contributed by atoms with E-state index in [2.05, 4.69) is 20.8 Å². The van der Waals surface area contributed by atoms with Gasteiger partial charge in [-0.15, -0.1) is 0 Å². The summed E-state index contributed by atoms with van der Waals surface area (Å²) >= 11 is 0. The Hall–Kier alpha value is -2.37. The highest BCUT2D eigenvalue weighted by molar-refractivity contribution is 6.07. The van der Waals surface area contributed by atoms with Crippen LogP contribution >= 0.6 is 0 Å². The molecule has 1 rings (SSSR count). The maximum atomic E-state index is 12.8. The summed E-state index contributed by atoms with van der Waals surface area (Å²) < 4.78 is 0.